The number of aryl methyl sites for hydroxylation is 3. The van der Waals surface area contributed by atoms with Gasteiger partial charge in [-0.05, 0) is 19.4 Å². The highest BCUT2D eigenvalue weighted by Crippen LogP contribution is 2.28. The maximum atomic E-state index is 12.3. The molecule has 1 aromatic heterocycles. The summed E-state index contributed by atoms with van der Waals surface area (Å²) >= 11 is 0. The minimum absolute atomic E-state index is 0.117. The second kappa shape index (κ2) is 5.13. The number of nitrogens with zero attached hydrogens (tertiary/aromatic N) is 2. The Morgan fingerprint density at radius 1 is 1.10 bits per heavy atom. The Bertz CT molecular complexity index is 738. The minimum atomic E-state index is -3.77. The third-order valence-electron chi connectivity index (χ3n) is 3.02. The van der Waals surface area contributed by atoms with Crippen LogP contribution in [-0.4, -0.2) is 8.42 Å². The van der Waals surface area contributed by atoms with Crippen LogP contribution in [0.3, 0.4) is 0 Å². The van der Waals surface area contributed by atoms with Crippen molar-refractivity contribution >= 4 is 15.7 Å². The average Bonchev–Trinajstić information content (AvgIpc) is 2.36. The van der Waals surface area contributed by atoms with Crippen LogP contribution < -0.4 is 10.5 Å². The molecule has 0 radical (unpaired) electrons. The maximum absolute atomic E-state index is 12.3. The lowest BCUT2D eigenvalue weighted by molar-refractivity contribution is -0.647. The second-order valence-corrected chi connectivity index (χ2v) is 6.34. The third kappa shape index (κ3) is 2.91. The van der Waals surface area contributed by atoms with Crippen LogP contribution in [0.4, 0.5) is 5.69 Å². The Hall–Kier alpha value is -2.08. The molecule has 2 aromatic rings. The van der Waals surface area contributed by atoms with E-state index in [4.69, 9.17) is 5.84 Å². The quantitative estimate of drug-likeness (QED) is 0.694. The van der Waals surface area contributed by atoms with Gasteiger partial charge in [-0.3, -0.25) is 0 Å². The molecule has 1 aromatic carbocycles. The fourth-order valence-corrected chi connectivity index (χ4v) is 3.06. The number of aromatic nitrogens is 1. The molecule has 0 aliphatic carbocycles. The molecule has 0 saturated carbocycles. The lowest BCUT2D eigenvalue weighted by Crippen LogP contribution is -2.47. The van der Waals surface area contributed by atoms with E-state index in [1.54, 1.807) is 32.0 Å². The maximum Gasteiger partial charge on any atom is 0.216 e. The summed E-state index contributed by atoms with van der Waals surface area (Å²) in [5, 5.41) is 0. The lowest BCUT2D eigenvalue weighted by atomic mass is 10.2. The van der Waals surface area contributed by atoms with Crippen molar-refractivity contribution in [2.75, 3.05) is 5.84 Å². The summed E-state index contributed by atoms with van der Waals surface area (Å²) in [5.74, 6) is 5.71. The molecule has 0 unspecified atom stereocenters. The van der Waals surface area contributed by atoms with Crippen LogP contribution >= 0.6 is 0 Å². The molecule has 0 aliphatic rings. The number of sulfonamides is 1. The van der Waals surface area contributed by atoms with Crippen molar-refractivity contribution in [1.29, 1.82) is 0 Å². The molecular formula is C14H17N3O2S. The van der Waals surface area contributed by atoms with E-state index in [1.165, 1.54) is 10.9 Å². The molecule has 20 heavy (non-hydrogen) atoms. The molecule has 0 aliphatic heterocycles. The van der Waals surface area contributed by atoms with Gasteiger partial charge in [0, 0.05) is 13.0 Å². The van der Waals surface area contributed by atoms with E-state index >= 15 is 0 Å². The first-order valence-corrected chi connectivity index (χ1v) is 7.56. The molecule has 2 rings (SSSR count). The summed E-state index contributed by atoms with van der Waals surface area (Å²) in [4.78, 5) is 0.117. The monoisotopic (exact) mass is 291 g/mol. The SMILES string of the molecule is Cc1ccc([N-]S(=O)(=O)c2c[n+](N)c(C)cc2C)cc1. The zero-order valence-electron chi connectivity index (χ0n) is 11.7. The Labute approximate surface area is 119 Å². The zero-order valence-corrected chi connectivity index (χ0v) is 12.5. The number of benzene rings is 1. The van der Waals surface area contributed by atoms with E-state index < -0.39 is 10.0 Å². The van der Waals surface area contributed by atoms with Crippen molar-refractivity contribution in [3.63, 3.8) is 0 Å². The van der Waals surface area contributed by atoms with Gasteiger partial charge < -0.3 is 4.72 Å². The first-order chi connectivity index (χ1) is 9.29. The van der Waals surface area contributed by atoms with Gasteiger partial charge in [0.05, 0.1) is 0 Å². The first kappa shape index (κ1) is 14.3. The molecule has 0 atom stereocenters. The predicted octanol–water partition coefficient (Wildman–Crippen LogP) is 2.01. The Morgan fingerprint density at radius 2 is 1.70 bits per heavy atom. The number of rotatable bonds is 3. The molecule has 0 fully saturated rings. The lowest BCUT2D eigenvalue weighted by Gasteiger charge is -2.22. The summed E-state index contributed by atoms with van der Waals surface area (Å²) in [6.45, 7) is 5.46. The summed E-state index contributed by atoms with van der Waals surface area (Å²) < 4.78 is 29.8. The van der Waals surface area contributed by atoms with Crippen LogP contribution in [-0.2, 0) is 10.0 Å². The Kier molecular flexibility index (Phi) is 3.67. The van der Waals surface area contributed by atoms with Gasteiger partial charge in [0.25, 0.3) is 0 Å². The topological polar surface area (TPSA) is 78.1 Å². The van der Waals surface area contributed by atoms with E-state index in [0.29, 0.717) is 11.3 Å². The van der Waals surface area contributed by atoms with Crippen LogP contribution in [0.15, 0.2) is 41.4 Å². The summed E-state index contributed by atoms with van der Waals surface area (Å²) in [6.07, 6.45) is 1.39. The van der Waals surface area contributed by atoms with Gasteiger partial charge in [-0.1, -0.05) is 34.5 Å². The summed E-state index contributed by atoms with van der Waals surface area (Å²) in [5.41, 5.74) is 2.85. The molecular weight excluding hydrogens is 274 g/mol. The van der Waals surface area contributed by atoms with Crippen molar-refractivity contribution in [2.24, 2.45) is 0 Å². The Balaban J connectivity index is 2.40. The smallest absolute Gasteiger partial charge is 0.216 e. The highest BCUT2D eigenvalue weighted by atomic mass is 32.2. The van der Waals surface area contributed by atoms with Gasteiger partial charge in [0.15, 0.2) is 0 Å². The molecule has 106 valence electrons. The van der Waals surface area contributed by atoms with Crippen LogP contribution in [0.1, 0.15) is 16.8 Å². The molecule has 6 heteroatoms. The van der Waals surface area contributed by atoms with Crippen molar-refractivity contribution in [2.45, 2.75) is 25.7 Å². The van der Waals surface area contributed by atoms with Gasteiger partial charge in [-0.15, -0.1) is 5.69 Å². The van der Waals surface area contributed by atoms with Gasteiger partial charge >= 0.3 is 0 Å². The largest absolute Gasteiger partial charge is 0.573 e. The number of nitrogen functional groups attached to an aromatic ring is 1. The molecule has 0 spiro atoms. The Morgan fingerprint density at radius 3 is 2.30 bits per heavy atom. The van der Waals surface area contributed by atoms with E-state index in [1.807, 2.05) is 19.1 Å². The fraction of sp³-hybridized carbons (Fsp3) is 0.214. The zero-order chi connectivity index (χ0) is 14.9. The number of pyridine rings is 1. The van der Waals surface area contributed by atoms with Crippen LogP contribution in [0.2, 0.25) is 0 Å². The van der Waals surface area contributed by atoms with Crippen LogP contribution in [0.25, 0.3) is 4.72 Å². The van der Waals surface area contributed by atoms with Gasteiger partial charge in [0.1, 0.15) is 14.9 Å². The third-order valence-corrected chi connectivity index (χ3v) is 4.45. The van der Waals surface area contributed by atoms with Crippen LogP contribution in [0, 0.1) is 20.8 Å². The minimum Gasteiger partial charge on any atom is -0.573 e. The van der Waals surface area contributed by atoms with Crippen molar-refractivity contribution < 1.29 is 13.1 Å². The predicted molar refractivity (Wildman–Crippen MR) is 77.6 cm³/mol. The molecule has 0 amide bonds. The molecule has 1 heterocycles. The van der Waals surface area contributed by atoms with Crippen molar-refractivity contribution in [3.8, 4) is 0 Å². The second-order valence-electron chi connectivity index (χ2n) is 4.77. The van der Waals surface area contributed by atoms with Gasteiger partial charge in [-0.2, -0.15) is 0 Å². The van der Waals surface area contributed by atoms with Crippen molar-refractivity contribution in [1.82, 2.24) is 0 Å². The summed E-state index contributed by atoms with van der Waals surface area (Å²) in [7, 11) is -3.77. The van der Waals surface area contributed by atoms with Crippen LogP contribution in [0.5, 0.6) is 0 Å². The number of hydrogen-bond donors (Lipinski definition) is 1. The van der Waals surface area contributed by atoms with E-state index in [9.17, 15) is 8.42 Å². The number of hydrogen-bond acceptors (Lipinski definition) is 3. The average molecular weight is 291 g/mol. The van der Waals surface area contributed by atoms with Gasteiger partial charge in [0.2, 0.25) is 11.9 Å². The number of nitrogens with two attached hydrogens (primary N) is 1. The molecule has 0 saturated heterocycles. The first-order valence-electron chi connectivity index (χ1n) is 6.12. The highest BCUT2D eigenvalue weighted by Gasteiger charge is 2.16. The molecule has 0 bridgehead atoms. The summed E-state index contributed by atoms with van der Waals surface area (Å²) in [6, 6.07) is 8.70. The van der Waals surface area contributed by atoms with Crippen molar-refractivity contribution in [3.05, 3.63) is 58.1 Å². The standard InChI is InChI=1S/C14H17N3O2S/c1-10-4-6-13(7-5-10)16-20(18,19)14-9-17(15)12(3)8-11(14)2/h4-9H,15H2,1-3H3. The van der Waals surface area contributed by atoms with E-state index in [0.717, 1.165) is 11.3 Å². The fourth-order valence-electron chi connectivity index (χ4n) is 1.85. The normalized spacial score (nSPS) is 11.3. The van der Waals surface area contributed by atoms with E-state index in [-0.39, 0.29) is 4.90 Å². The highest BCUT2D eigenvalue weighted by molar-refractivity contribution is 7.94. The molecule has 5 nitrogen and oxygen atoms in total. The van der Waals surface area contributed by atoms with E-state index in [2.05, 4.69) is 4.72 Å². The van der Waals surface area contributed by atoms with Gasteiger partial charge in [-0.25, -0.2) is 14.3 Å². The molecule has 2 N–H and O–H groups in total.